The molecule has 162 valence electrons. The summed E-state index contributed by atoms with van der Waals surface area (Å²) >= 11 is 3.41. The molecular weight excluding hydrogens is 444 g/mol. The lowest BCUT2D eigenvalue weighted by Crippen LogP contribution is -2.61. The predicted molar refractivity (Wildman–Crippen MR) is 117 cm³/mol. The Labute approximate surface area is 186 Å². The molecule has 2 aromatic rings. The summed E-state index contributed by atoms with van der Waals surface area (Å²) in [4.78, 5) is 20.2. The molecule has 2 heterocycles. The predicted octanol–water partition coefficient (Wildman–Crippen LogP) is 3.83. The number of carbonyl (C=O) groups excluding carboxylic acids is 1. The molecule has 2 aromatic heterocycles. The largest absolute Gasteiger partial charge is 0.341 e. The van der Waals surface area contributed by atoms with Crippen molar-refractivity contribution in [3.63, 3.8) is 0 Å². The topological polar surface area (TPSA) is 68.8 Å². The van der Waals surface area contributed by atoms with Crippen LogP contribution < -0.4 is 0 Å². The highest BCUT2D eigenvalue weighted by molar-refractivity contribution is 9.10. The zero-order valence-electron chi connectivity index (χ0n) is 18.4. The van der Waals surface area contributed by atoms with Crippen LogP contribution in [0.2, 0.25) is 0 Å². The van der Waals surface area contributed by atoms with Crippen LogP contribution in [-0.4, -0.2) is 42.4 Å². The summed E-state index contributed by atoms with van der Waals surface area (Å²) in [5.74, 6) is 1.53. The number of aryl methyl sites for hydroxylation is 2. The first kappa shape index (κ1) is 20.2. The van der Waals surface area contributed by atoms with E-state index in [4.69, 9.17) is 0 Å². The number of nitrogens with zero attached hydrogens (tertiary/aromatic N) is 6. The third-order valence-electron chi connectivity index (χ3n) is 8.01. The van der Waals surface area contributed by atoms with Gasteiger partial charge in [-0.2, -0.15) is 5.10 Å². The van der Waals surface area contributed by atoms with E-state index in [-0.39, 0.29) is 11.0 Å². The Morgan fingerprint density at radius 3 is 2.50 bits per heavy atom. The molecule has 4 saturated carbocycles. The van der Waals surface area contributed by atoms with Gasteiger partial charge in [0.05, 0.1) is 16.6 Å². The first-order valence-electron chi connectivity index (χ1n) is 11.1. The van der Waals surface area contributed by atoms with Crippen LogP contribution in [-0.2, 0) is 23.4 Å². The smallest absolute Gasteiger partial charge is 0.228 e. The maximum Gasteiger partial charge on any atom is 0.228 e. The van der Waals surface area contributed by atoms with Crippen LogP contribution in [0.15, 0.2) is 11.1 Å². The lowest BCUT2D eigenvalue weighted by molar-refractivity contribution is -0.166. The Morgan fingerprint density at radius 2 is 1.93 bits per heavy atom. The second kappa shape index (κ2) is 6.90. The first-order valence-corrected chi connectivity index (χ1v) is 11.9. The summed E-state index contributed by atoms with van der Waals surface area (Å²) in [5, 5.41) is 9.27. The van der Waals surface area contributed by atoms with E-state index in [2.05, 4.69) is 56.6 Å². The second-order valence-electron chi connectivity index (χ2n) is 10.1. The number of hydrogen-bond donors (Lipinski definition) is 0. The van der Waals surface area contributed by atoms with Gasteiger partial charge in [0.2, 0.25) is 10.6 Å². The van der Waals surface area contributed by atoms with Gasteiger partial charge in [0, 0.05) is 31.4 Å². The Kier molecular flexibility index (Phi) is 4.65. The van der Waals surface area contributed by atoms with E-state index in [1.807, 2.05) is 23.0 Å². The summed E-state index contributed by atoms with van der Waals surface area (Å²) in [5.41, 5.74) is 3.07. The van der Waals surface area contributed by atoms with Gasteiger partial charge < -0.3 is 4.90 Å². The van der Waals surface area contributed by atoms with Crippen LogP contribution in [0.4, 0.5) is 0 Å². The van der Waals surface area contributed by atoms with Crippen molar-refractivity contribution in [2.75, 3.05) is 7.05 Å². The van der Waals surface area contributed by atoms with Crippen molar-refractivity contribution < 1.29 is 4.79 Å². The van der Waals surface area contributed by atoms with Crippen molar-refractivity contribution in [3.05, 3.63) is 28.0 Å². The van der Waals surface area contributed by atoms with Crippen molar-refractivity contribution in [1.82, 2.24) is 29.4 Å². The monoisotopic (exact) mass is 474 g/mol. The maximum absolute atomic E-state index is 13.9. The Bertz CT molecular complexity index is 980. The minimum atomic E-state index is -0.264. The van der Waals surface area contributed by atoms with Crippen molar-refractivity contribution >= 4 is 21.8 Å². The van der Waals surface area contributed by atoms with Gasteiger partial charge in [-0.05, 0) is 87.1 Å². The third-order valence-corrected chi connectivity index (χ3v) is 8.37. The number of amides is 1. The van der Waals surface area contributed by atoms with Crippen LogP contribution in [0.3, 0.4) is 0 Å². The lowest BCUT2D eigenvalue weighted by atomic mass is 9.46. The molecule has 8 heteroatoms. The maximum atomic E-state index is 13.9. The number of aromatic nitrogens is 5. The highest BCUT2D eigenvalue weighted by Crippen LogP contribution is 2.64. The molecule has 2 atom stereocenters. The van der Waals surface area contributed by atoms with Gasteiger partial charge in [-0.25, -0.2) is 9.67 Å². The van der Waals surface area contributed by atoms with Crippen molar-refractivity contribution in [3.8, 4) is 0 Å². The molecule has 0 aromatic carbocycles. The van der Waals surface area contributed by atoms with Gasteiger partial charge in [0.15, 0.2) is 0 Å². The molecule has 7 nitrogen and oxygen atoms in total. The number of rotatable bonds is 5. The molecule has 0 saturated heterocycles. The van der Waals surface area contributed by atoms with Gasteiger partial charge in [0.1, 0.15) is 6.33 Å². The second-order valence-corrected chi connectivity index (χ2v) is 10.8. The fourth-order valence-electron chi connectivity index (χ4n) is 7.19. The van der Waals surface area contributed by atoms with Gasteiger partial charge in [-0.1, -0.05) is 0 Å². The van der Waals surface area contributed by atoms with E-state index >= 15 is 0 Å². The summed E-state index contributed by atoms with van der Waals surface area (Å²) in [6.07, 6.45) is 8.30. The van der Waals surface area contributed by atoms with Crippen LogP contribution in [0, 0.1) is 31.1 Å². The minimum Gasteiger partial charge on any atom is -0.341 e. The van der Waals surface area contributed by atoms with E-state index in [0.717, 1.165) is 44.3 Å². The van der Waals surface area contributed by atoms with Crippen molar-refractivity contribution in [2.45, 2.75) is 77.9 Å². The minimum absolute atomic E-state index is 0.0570. The Morgan fingerprint density at radius 1 is 1.23 bits per heavy atom. The van der Waals surface area contributed by atoms with E-state index < -0.39 is 0 Å². The molecule has 4 bridgehead atoms. The average Bonchev–Trinajstić information content (AvgIpc) is 3.25. The number of hydrogen-bond acceptors (Lipinski definition) is 4. The Balaban J connectivity index is 1.43. The molecular formula is C22H31BrN6O. The zero-order chi connectivity index (χ0) is 21.3. The molecule has 0 N–H and O–H groups in total. The fourth-order valence-corrected chi connectivity index (χ4v) is 7.45. The molecule has 0 aliphatic heterocycles. The van der Waals surface area contributed by atoms with E-state index in [0.29, 0.717) is 29.0 Å². The Hall–Kier alpha value is -1.70. The third kappa shape index (κ3) is 2.97. The first-order chi connectivity index (χ1) is 14.2. The van der Waals surface area contributed by atoms with Crippen molar-refractivity contribution in [1.29, 1.82) is 0 Å². The molecule has 2 unspecified atom stereocenters. The summed E-state index contributed by atoms with van der Waals surface area (Å²) in [6, 6.07) is 0. The summed E-state index contributed by atoms with van der Waals surface area (Å²) in [6.45, 7) is 7.76. The van der Waals surface area contributed by atoms with E-state index in [1.165, 1.54) is 17.7 Å². The molecule has 4 aliphatic rings. The fraction of sp³-hybridized carbons (Fsp3) is 0.727. The lowest BCUT2D eigenvalue weighted by Gasteiger charge is -2.61. The van der Waals surface area contributed by atoms with Gasteiger partial charge in [-0.15, -0.1) is 5.10 Å². The molecule has 0 radical (unpaired) electrons. The van der Waals surface area contributed by atoms with Gasteiger partial charge in [0.25, 0.3) is 0 Å². The van der Waals surface area contributed by atoms with Crippen LogP contribution in [0.5, 0.6) is 0 Å². The molecule has 30 heavy (non-hydrogen) atoms. The number of carbonyl (C=O) groups is 1. The zero-order valence-corrected chi connectivity index (χ0v) is 19.9. The molecule has 4 fully saturated rings. The highest BCUT2D eigenvalue weighted by Gasteiger charge is 2.62. The quantitative estimate of drug-likeness (QED) is 0.659. The van der Waals surface area contributed by atoms with Gasteiger partial charge in [-0.3, -0.25) is 9.48 Å². The van der Waals surface area contributed by atoms with E-state index in [1.54, 1.807) is 0 Å². The standard InChI is InChI=1S/C22H31BrN6O/c1-5-28-15(3)18(14(2)25-28)11-27(4)19(30)21-7-16-6-17(8-21)10-22(9-16,12-21)29-13-24-20(23)26-29/h13,16-17H,5-12H2,1-4H3. The van der Waals surface area contributed by atoms with Gasteiger partial charge >= 0.3 is 0 Å². The van der Waals surface area contributed by atoms with Crippen molar-refractivity contribution in [2.24, 2.45) is 17.3 Å². The van der Waals surface area contributed by atoms with E-state index in [9.17, 15) is 4.79 Å². The van der Waals surface area contributed by atoms with Crippen LogP contribution >= 0.6 is 15.9 Å². The average molecular weight is 475 g/mol. The van der Waals surface area contributed by atoms with Crippen LogP contribution in [0.25, 0.3) is 0 Å². The van der Waals surface area contributed by atoms with Crippen LogP contribution in [0.1, 0.15) is 62.4 Å². The molecule has 4 aliphatic carbocycles. The highest BCUT2D eigenvalue weighted by atomic mass is 79.9. The molecule has 0 spiro atoms. The molecule has 6 rings (SSSR count). The normalized spacial score (nSPS) is 32.0. The number of halogens is 1. The molecule has 1 amide bonds. The summed E-state index contributed by atoms with van der Waals surface area (Å²) < 4.78 is 4.73. The summed E-state index contributed by atoms with van der Waals surface area (Å²) in [7, 11) is 1.97. The SMILES string of the molecule is CCn1nc(C)c(CN(C)C(=O)C23CC4CC(C2)CC(n2cnc(Br)n2)(C4)C3)c1C.